The van der Waals surface area contributed by atoms with Crippen molar-refractivity contribution in [2.75, 3.05) is 13.1 Å². The topological polar surface area (TPSA) is 32.7 Å². The average molecular weight is 354 g/mol. The van der Waals surface area contributed by atoms with Crippen LogP contribution < -0.4 is 4.74 Å². The first-order valence-corrected chi connectivity index (χ1v) is 9.93. The van der Waals surface area contributed by atoms with Gasteiger partial charge < -0.3 is 9.84 Å². The van der Waals surface area contributed by atoms with Gasteiger partial charge in [-0.1, -0.05) is 56.5 Å². The predicted molar refractivity (Wildman–Crippen MR) is 107 cm³/mol. The van der Waals surface area contributed by atoms with Gasteiger partial charge in [-0.25, -0.2) is 0 Å². The second-order valence-electron chi connectivity index (χ2n) is 7.52. The van der Waals surface area contributed by atoms with Gasteiger partial charge in [0.05, 0.1) is 5.60 Å². The third kappa shape index (κ3) is 5.58. The first kappa shape index (κ1) is 18.9. The van der Waals surface area contributed by atoms with Crippen molar-refractivity contribution < 1.29 is 9.84 Å². The number of hydrogen-bond acceptors (Lipinski definition) is 3. The summed E-state index contributed by atoms with van der Waals surface area (Å²) in [6.45, 7) is 5.05. The van der Waals surface area contributed by atoms with E-state index in [2.05, 4.69) is 30.0 Å². The molecule has 0 atom stereocenters. The Morgan fingerprint density at radius 3 is 2.42 bits per heavy atom. The van der Waals surface area contributed by atoms with Gasteiger partial charge in [0.25, 0.3) is 0 Å². The van der Waals surface area contributed by atoms with Crippen molar-refractivity contribution >= 4 is 0 Å². The Kier molecular flexibility index (Phi) is 6.70. The minimum absolute atomic E-state index is 0.441. The van der Waals surface area contributed by atoms with E-state index in [9.17, 15) is 5.11 Å². The summed E-state index contributed by atoms with van der Waals surface area (Å²) < 4.78 is 5.94. The van der Waals surface area contributed by atoms with Crippen molar-refractivity contribution in [1.29, 1.82) is 0 Å². The summed E-state index contributed by atoms with van der Waals surface area (Å²) in [5.74, 6) is 1.74. The summed E-state index contributed by atoms with van der Waals surface area (Å²) in [6.07, 6.45) is 6.30. The Morgan fingerprint density at radius 1 is 0.962 bits per heavy atom. The van der Waals surface area contributed by atoms with Crippen molar-refractivity contribution in [2.45, 2.75) is 57.6 Å². The fourth-order valence-corrected chi connectivity index (χ4v) is 3.67. The van der Waals surface area contributed by atoms with Gasteiger partial charge in [0.15, 0.2) is 0 Å². The maximum Gasteiger partial charge on any atom is 0.127 e. The van der Waals surface area contributed by atoms with Crippen molar-refractivity contribution in [2.24, 2.45) is 0 Å². The van der Waals surface area contributed by atoms with Gasteiger partial charge in [-0.15, -0.1) is 0 Å². The third-order valence-corrected chi connectivity index (χ3v) is 5.32. The predicted octanol–water partition coefficient (Wildman–Crippen LogP) is 5.39. The highest BCUT2D eigenvalue weighted by atomic mass is 16.5. The largest absolute Gasteiger partial charge is 0.457 e. The second kappa shape index (κ2) is 9.20. The molecule has 2 aromatic rings. The number of para-hydroxylation sites is 1. The van der Waals surface area contributed by atoms with Crippen LogP contribution in [0.2, 0.25) is 0 Å². The lowest BCUT2D eigenvalue weighted by molar-refractivity contribution is -0.0309. The van der Waals surface area contributed by atoms with E-state index in [1.54, 1.807) is 0 Å². The number of unbranched alkanes of at least 4 members (excludes halogenated alkanes) is 2. The van der Waals surface area contributed by atoms with E-state index < -0.39 is 5.60 Å². The van der Waals surface area contributed by atoms with Crippen LogP contribution in [0.15, 0.2) is 54.6 Å². The molecule has 140 valence electrons. The van der Waals surface area contributed by atoms with Crippen molar-refractivity contribution in [1.82, 2.24) is 4.90 Å². The van der Waals surface area contributed by atoms with Crippen molar-refractivity contribution in [3.8, 4) is 11.5 Å². The van der Waals surface area contributed by atoms with E-state index in [0.717, 1.165) is 56.8 Å². The number of hydrogen-bond donors (Lipinski definition) is 1. The summed E-state index contributed by atoms with van der Waals surface area (Å²) in [5.41, 5.74) is 0.819. The first-order chi connectivity index (χ1) is 12.7. The molecule has 0 bridgehead atoms. The lowest BCUT2D eigenvalue weighted by Gasteiger charge is -2.38. The zero-order valence-corrected chi connectivity index (χ0v) is 15.9. The second-order valence-corrected chi connectivity index (χ2v) is 7.52. The van der Waals surface area contributed by atoms with E-state index in [-0.39, 0.29) is 0 Å². The fraction of sp³-hybridized carbons (Fsp3) is 0.478. The standard InChI is InChI=1S/C23H31NO2/c1-2-3-7-13-23(25)14-16-24(17-15-23)19-20-9-8-12-22(18-20)26-21-10-5-4-6-11-21/h4-6,8-12,18,25H,2-3,7,13-17,19H2,1H3. The number of nitrogens with zero attached hydrogens (tertiary/aromatic N) is 1. The van der Waals surface area contributed by atoms with Crippen LogP contribution in [0.5, 0.6) is 11.5 Å². The Labute approximate surface area is 157 Å². The van der Waals surface area contributed by atoms with Crippen molar-refractivity contribution in [3.05, 3.63) is 60.2 Å². The van der Waals surface area contributed by atoms with E-state index in [0.29, 0.717) is 0 Å². The normalized spacial score (nSPS) is 17.2. The van der Waals surface area contributed by atoms with Gasteiger partial charge in [-0.3, -0.25) is 4.90 Å². The maximum absolute atomic E-state index is 10.7. The Morgan fingerprint density at radius 2 is 1.69 bits per heavy atom. The highest BCUT2D eigenvalue weighted by Crippen LogP contribution is 2.29. The van der Waals surface area contributed by atoms with E-state index in [1.165, 1.54) is 18.4 Å². The SMILES string of the molecule is CCCCCC1(O)CCN(Cc2cccc(Oc3ccccc3)c2)CC1. The lowest BCUT2D eigenvalue weighted by Crippen LogP contribution is -2.43. The van der Waals surface area contributed by atoms with Gasteiger partial charge >= 0.3 is 0 Å². The van der Waals surface area contributed by atoms with Crippen LogP contribution in [-0.2, 0) is 6.54 Å². The molecule has 1 N–H and O–H groups in total. The Bertz CT molecular complexity index is 663. The minimum atomic E-state index is -0.441. The number of benzene rings is 2. The zero-order chi connectivity index (χ0) is 18.2. The third-order valence-electron chi connectivity index (χ3n) is 5.32. The summed E-state index contributed by atoms with van der Waals surface area (Å²) in [7, 11) is 0. The van der Waals surface area contributed by atoms with Crippen LogP contribution >= 0.6 is 0 Å². The molecule has 1 saturated heterocycles. The van der Waals surface area contributed by atoms with E-state index in [4.69, 9.17) is 4.74 Å². The zero-order valence-electron chi connectivity index (χ0n) is 15.9. The van der Waals surface area contributed by atoms with E-state index in [1.807, 2.05) is 36.4 Å². The summed E-state index contributed by atoms with van der Waals surface area (Å²) in [6, 6.07) is 18.2. The van der Waals surface area contributed by atoms with Crippen LogP contribution in [0, 0.1) is 0 Å². The van der Waals surface area contributed by atoms with Gasteiger partial charge in [-0.2, -0.15) is 0 Å². The van der Waals surface area contributed by atoms with Gasteiger partial charge in [0.1, 0.15) is 11.5 Å². The van der Waals surface area contributed by atoms with Crippen LogP contribution in [0.4, 0.5) is 0 Å². The molecule has 0 spiro atoms. The molecule has 1 fully saturated rings. The molecule has 0 unspecified atom stereocenters. The maximum atomic E-state index is 10.7. The van der Waals surface area contributed by atoms with Crippen LogP contribution in [0.25, 0.3) is 0 Å². The molecule has 1 aliphatic heterocycles. The summed E-state index contributed by atoms with van der Waals surface area (Å²) in [4.78, 5) is 2.44. The number of likely N-dealkylation sites (tertiary alicyclic amines) is 1. The molecule has 3 nitrogen and oxygen atoms in total. The number of piperidine rings is 1. The minimum Gasteiger partial charge on any atom is -0.457 e. The number of aliphatic hydroxyl groups is 1. The lowest BCUT2D eigenvalue weighted by atomic mass is 9.86. The van der Waals surface area contributed by atoms with Crippen LogP contribution in [0.3, 0.4) is 0 Å². The molecule has 3 rings (SSSR count). The monoisotopic (exact) mass is 353 g/mol. The number of ether oxygens (including phenoxy) is 1. The molecular formula is C23H31NO2. The Balaban J connectivity index is 1.51. The number of rotatable bonds is 8. The van der Waals surface area contributed by atoms with Crippen LogP contribution in [-0.4, -0.2) is 28.7 Å². The van der Waals surface area contributed by atoms with Crippen molar-refractivity contribution in [3.63, 3.8) is 0 Å². The highest BCUT2D eigenvalue weighted by Gasteiger charge is 2.31. The molecule has 0 radical (unpaired) electrons. The fourth-order valence-electron chi connectivity index (χ4n) is 3.67. The summed E-state index contributed by atoms with van der Waals surface area (Å²) in [5, 5.41) is 10.7. The van der Waals surface area contributed by atoms with Gasteiger partial charge in [0.2, 0.25) is 0 Å². The highest BCUT2D eigenvalue weighted by molar-refractivity contribution is 5.33. The van der Waals surface area contributed by atoms with Gasteiger partial charge in [0, 0.05) is 19.6 Å². The molecule has 1 heterocycles. The molecule has 0 saturated carbocycles. The molecule has 0 amide bonds. The average Bonchev–Trinajstić information content (AvgIpc) is 2.65. The smallest absolute Gasteiger partial charge is 0.127 e. The van der Waals surface area contributed by atoms with Crippen LogP contribution in [0.1, 0.15) is 51.0 Å². The molecule has 3 heteroatoms. The van der Waals surface area contributed by atoms with Gasteiger partial charge in [-0.05, 0) is 49.1 Å². The van der Waals surface area contributed by atoms with E-state index >= 15 is 0 Å². The molecule has 1 aliphatic rings. The quantitative estimate of drug-likeness (QED) is 0.646. The molecule has 2 aromatic carbocycles. The molecule has 26 heavy (non-hydrogen) atoms. The Hall–Kier alpha value is -1.84. The molecular weight excluding hydrogens is 322 g/mol. The molecule has 0 aliphatic carbocycles. The summed E-state index contributed by atoms with van der Waals surface area (Å²) >= 11 is 0. The molecule has 0 aromatic heterocycles. The first-order valence-electron chi connectivity index (χ1n) is 9.93.